The highest BCUT2D eigenvalue weighted by molar-refractivity contribution is 5.85. The van der Waals surface area contributed by atoms with Gasteiger partial charge in [0.15, 0.2) is 0 Å². The summed E-state index contributed by atoms with van der Waals surface area (Å²) in [4.78, 5) is 12.7. The second-order valence-corrected chi connectivity index (χ2v) is 3.72. The molecule has 0 radical (unpaired) electrons. The van der Waals surface area contributed by atoms with E-state index >= 15 is 0 Å². The summed E-state index contributed by atoms with van der Waals surface area (Å²) in [6.45, 7) is 6.18. The molecule has 0 spiro atoms. The quantitative estimate of drug-likeness (QED) is 0.767. The van der Waals surface area contributed by atoms with E-state index in [9.17, 15) is 0 Å². The highest BCUT2D eigenvalue weighted by Gasteiger charge is 2.12. The molecule has 4 heteroatoms. The van der Waals surface area contributed by atoms with E-state index in [4.69, 9.17) is 5.73 Å². The fourth-order valence-corrected chi connectivity index (χ4v) is 1.37. The number of rotatable bonds is 3. The van der Waals surface area contributed by atoms with Gasteiger partial charge in [-0.1, -0.05) is 20.8 Å². The molecular formula is C11H18N4. The number of nitrogens with zero attached hydrogens (tertiary/aromatic N) is 3. The van der Waals surface area contributed by atoms with Crippen molar-refractivity contribution in [2.45, 2.75) is 33.1 Å². The third kappa shape index (κ3) is 2.52. The Labute approximate surface area is 90.7 Å². The van der Waals surface area contributed by atoms with Crippen molar-refractivity contribution >= 4 is 11.9 Å². The van der Waals surface area contributed by atoms with Crippen LogP contribution in [0.3, 0.4) is 0 Å². The molecule has 0 bridgehead atoms. The summed E-state index contributed by atoms with van der Waals surface area (Å²) in [6, 6.07) is 0. The van der Waals surface area contributed by atoms with Crippen molar-refractivity contribution in [3.63, 3.8) is 0 Å². The van der Waals surface area contributed by atoms with Crippen LogP contribution in [0.1, 0.15) is 43.9 Å². The minimum Gasteiger partial charge on any atom is -0.395 e. The summed E-state index contributed by atoms with van der Waals surface area (Å²) >= 11 is 0. The molecule has 0 amide bonds. The number of aliphatic imine (C=N–C) groups is 1. The Morgan fingerprint density at radius 2 is 2.07 bits per heavy atom. The number of hydrogen-bond donors (Lipinski definition) is 1. The summed E-state index contributed by atoms with van der Waals surface area (Å²) in [5.41, 5.74) is 8.27. The first kappa shape index (κ1) is 11.6. The summed E-state index contributed by atoms with van der Waals surface area (Å²) in [5, 5.41) is 0. The molecule has 1 rings (SSSR count). The van der Waals surface area contributed by atoms with Gasteiger partial charge in [-0.15, -0.1) is 0 Å². The maximum Gasteiger partial charge on any atom is 0.129 e. The second kappa shape index (κ2) is 4.87. The van der Waals surface area contributed by atoms with E-state index in [1.165, 1.54) is 0 Å². The van der Waals surface area contributed by atoms with Crippen LogP contribution in [-0.4, -0.2) is 23.2 Å². The SMILES string of the molecule is CCc1nc(C=NC)c(N)c(C(C)C)n1. The van der Waals surface area contributed by atoms with Gasteiger partial charge in [-0.3, -0.25) is 4.99 Å². The number of nitrogens with two attached hydrogens (primary N) is 1. The van der Waals surface area contributed by atoms with E-state index in [1.807, 2.05) is 6.92 Å². The van der Waals surface area contributed by atoms with Crippen molar-refractivity contribution in [3.05, 3.63) is 17.2 Å². The van der Waals surface area contributed by atoms with Gasteiger partial charge in [0.2, 0.25) is 0 Å². The Hall–Kier alpha value is -1.45. The number of nitrogen functional groups attached to an aromatic ring is 1. The Bertz CT molecular complexity index is 369. The molecule has 82 valence electrons. The summed E-state index contributed by atoms with van der Waals surface area (Å²) in [5.74, 6) is 1.13. The molecule has 15 heavy (non-hydrogen) atoms. The van der Waals surface area contributed by atoms with Gasteiger partial charge in [-0.25, -0.2) is 9.97 Å². The molecule has 1 heterocycles. The Kier molecular flexibility index (Phi) is 3.77. The van der Waals surface area contributed by atoms with Gasteiger partial charge < -0.3 is 5.73 Å². The first-order chi connectivity index (χ1) is 7.10. The molecule has 1 aromatic heterocycles. The van der Waals surface area contributed by atoms with E-state index in [0.29, 0.717) is 11.6 Å². The van der Waals surface area contributed by atoms with Gasteiger partial charge in [0.05, 0.1) is 11.4 Å². The lowest BCUT2D eigenvalue weighted by molar-refractivity contribution is 0.790. The molecule has 1 aromatic rings. The minimum absolute atomic E-state index is 0.308. The maximum atomic E-state index is 5.98. The van der Waals surface area contributed by atoms with Crippen molar-refractivity contribution in [3.8, 4) is 0 Å². The maximum absolute atomic E-state index is 5.98. The zero-order valence-electron chi connectivity index (χ0n) is 9.78. The Morgan fingerprint density at radius 3 is 2.53 bits per heavy atom. The lowest BCUT2D eigenvalue weighted by atomic mass is 10.1. The van der Waals surface area contributed by atoms with Crippen LogP contribution in [0.5, 0.6) is 0 Å². The lowest BCUT2D eigenvalue weighted by Crippen LogP contribution is -2.10. The fraction of sp³-hybridized carbons (Fsp3) is 0.545. The van der Waals surface area contributed by atoms with Gasteiger partial charge in [0.25, 0.3) is 0 Å². The Morgan fingerprint density at radius 1 is 1.40 bits per heavy atom. The van der Waals surface area contributed by atoms with E-state index in [2.05, 4.69) is 28.8 Å². The summed E-state index contributed by atoms with van der Waals surface area (Å²) in [7, 11) is 1.71. The zero-order valence-corrected chi connectivity index (χ0v) is 9.78. The monoisotopic (exact) mass is 206 g/mol. The third-order valence-corrected chi connectivity index (χ3v) is 2.17. The molecule has 0 saturated heterocycles. The van der Waals surface area contributed by atoms with Crippen molar-refractivity contribution in [1.29, 1.82) is 0 Å². The number of anilines is 1. The Balaban J connectivity index is 3.33. The van der Waals surface area contributed by atoms with Crippen molar-refractivity contribution in [2.75, 3.05) is 12.8 Å². The molecule has 0 atom stereocenters. The van der Waals surface area contributed by atoms with Gasteiger partial charge in [0.1, 0.15) is 11.5 Å². The standard InChI is InChI=1S/C11H18N4/c1-5-9-14-8(6-13-4)10(12)11(15-9)7(2)3/h6-7H,5,12H2,1-4H3. The summed E-state index contributed by atoms with van der Waals surface area (Å²) in [6.07, 6.45) is 2.49. The predicted molar refractivity (Wildman–Crippen MR) is 63.4 cm³/mol. The smallest absolute Gasteiger partial charge is 0.129 e. The van der Waals surface area contributed by atoms with Crippen molar-refractivity contribution in [1.82, 2.24) is 9.97 Å². The minimum atomic E-state index is 0.308. The number of aromatic nitrogens is 2. The fourth-order valence-electron chi connectivity index (χ4n) is 1.37. The first-order valence-corrected chi connectivity index (χ1v) is 5.18. The first-order valence-electron chi connectivity index (χ1n) is 5.18. The molecule has 2 N–H and O–H groups in total. The average molecular weight is 206 g/mol. The van der Waals surface area contributed by atoms with E-state index in [-0.39, 0.29) is 0 Å². The van der Waals surface area contributed by atoms with Crippen LogP contribution in [0.15, 0.2) is 4.99 Å². The van der Waals surface area contributed by atoms with Gasteiger partial charge in [0, 0.05) is 19.7 Å². The van der Waals surface area contributed by atoms with Gasteiger partial charge in [-0.05, 0) is 5.92 Å². The average Bonchev–Trinajstić information content (AvgIpc) is 2.21. The van der Waals surface area contributed by atoms with Crippen LogP contribution in [0.25, 0.3) is 0 Å². The van der Waals surface area contributed by atoms with E-state index in [0.717, 1.165) is 23.6 Å². The molecule has 4 nitrogen and oxygen atoms in total. The van der Waals surface area contributed by atoms with Crippen LogP contribution in [0, 0.1) is 0 Å². The topological polar surface area (TPSA) is 64.2 Å². The van der Waals surface area contributed by atoms with Crippen LogP contribution in [-0.2, 0) is 6.42 Å². The third-order valence-electron chi connectivity index (χ3n) is 2.17. The summed E-state index contributed by atoms with van der Waals surface area (Å²) < 4.78 is 0. The lowest BCUT2D eigenvalue weighted by Gasteiger charge is -2.11. The number of hydrogen-bond acceptors (Lipinski definition) is 4. The molecule has 0 aromatic carbocycles. The molecule has 0 aliphatic heterocycles. The van der Waals surface area contributed by atoms with Crippen molar-refractivity contribution in [2.24, 2.45) is 4.99 Å². The molecule has 0 aliphatic rings. The van der Waals surface area contributed by atoms with Gasteiger partial charge >= 0.3 is 0 Å². The molecule has 0 fully saturated rings. The van der Waals surface area contributed by atoms with Gasteiger partial charge in [-0.2, -0.15) is 0 Å². The van der Waals surface area contributed by atoms with E-state index < -0.39 is 0 Å². The molecule has 0 saturated carbocycles. The highest BCUT2D eigenvalue weighted by Crippen LogP contribution is 2.21. The largest absolute Gasteiger partial charge is 0.395 e. The van der Waals surface area contributed by atoms with Crippen LogP contribution in [0.4, 0.5) is 5.69 Å². The molecule has 0 aliphatic carbocycles. The van der Waals surface area contributed by atoms with Crippen LogP contribution in [0.2, 0.25) is 0 Å². The predicted octanol–water partition coefficient (Wildman–Crippen LogP) is 1.79. The van der Waals surface area contributed by atoms with Crippen LogP contribution < -0.4 is 5.73 Å². The van der Waals surface area contributed by atoms with Crippen LogP contribution >= 0.6 is 0 Å². The molecular weight excluding hydrogens is 188 g/mol. The highest BCUT2D eigenvalue weighted by atomic mass is 14.9. The normalized spacial score (nSPS) is 11.5. The van der Waals surface area contributed by atoms with E-state index in [1.54, 1.807) is 13.3 Å². The van der Waals surface area contributed by atoms with Crippen molar-refractivity contribution < 1.29 is 0 Å². The molecule has 0 unspecified atom stereocenters. The zero-order chi connectivity index (χ0) is 11.4. The second-order valence-electron chi connectivity index (χ2n) is 3.72. The number of aryl methyl sites for hydroxylation is 1.